The minimum atomic E-state index is 0.606. The Morgan fingerprint density at radius 1 is 1.33 bits per heavy atom. The molecule has 1 aromatic carbocycles. The van der Waals surface area contributed by atoms with Gasteiger partial charge < -0.3 is 10.2 Å². The Hall–Kier alpha value is -1.06. The maximum atomic E-state index is 3.47. The average molecular weight is 247 g/mol. The molecule has 0 amide bonds. The van der Waals surface area contributed by atoms with E-state index in [9.17, 15) is 0 Å². The Morgan fingerprint density at radius 3 is 2.67 bits per heavy atom. The predicted octanol–water partition coefficient (Wildman–Crippen LogP) is 1.59. The van der Waals surface area contributed by atoms with E-state index in [4.69, 9.17) is 0 Å². The fraction of sp³-hybridized carbons (Fsp3) is 0.600. The fourth-order valence-electron chi connectivity index (χ4n) is 2.47. The SMILES string of the molecule is CCc1ccc(N(C)CC2CNCCN2C)cc1. The maximum absolute atomic E-state index is 3.47. The second-order valence-corrected chi connectivity index (χ2v) is 5.24. The minimum absolute atomic E-state index is 0.606. The summed E-state index contributed by atoms with van der Waals surface area (Å²) < 4.78 is 0. The first-order valence-corrected chi connectivity index (χ1v) is 6.91. The fourth-order valence-corrected chi connectivity index (χ4v) is 2.47. The van der Waals surface area contributed by atoms with Gasteiger partial charge in [-0.05, 0) is 31.2 Å². The number of nitrogens with one attached hydrogen (secondary N) is 1. The Morgan fingerprint density at radius 2 is 2.06 bits per heavy atom. The predicted molar refractivity (Wildman–Crippen MR) is 78.4 cm³/mol. The van der Waals surface area contributed by atoms with E-state index in [1.807, 2.05) is 0 Å². The van der Waals surface area contributed by atoms with Crippen LogP contribution in [0.15, 0.2) is 24.3 Å². The van der Waals surface area contributed by atoms with Crippen LogP contribution < -0.4 is 10.2 Å². The summed E-state index contributed by atoms with van der Waals surface area (Å²) in [7, 11) is 4.41. The Kier molecular flexibility index (Phi) is 4.61. The van der Waals surface area contributed by atoms with E-state index in [1.165, 1.54) is 11.3 Å². The van der Waals surface area contributed by atoms with E-state index in [1.54, 1.807) is 0 Å². The zero-order valence-electron chi connectivity index (χ0n) is 11.8. The van der Waals surface area contributed by atoms with Crippen LogP contribution in [0.2, 0.25) is 0 Å². The molecule has 1 saturated heterocycles. The van der Waals surface area contributed by atoms with Gasteiger partial charge in [0.2, 0.25) is 0 Å². The van der Waals surface area contributed by atoms with Crippen LogP contribution in [0.1, 0.15) is 12.5 Å². The molecule has 1 aliphatic rings. The summed E-state index contributed by atoms with van der Waals surface area (Å²) in [6.45, 7) is 6.62. The zero-order chi connectivity index (χ0) is 13.0. The van der Waals surface area contributed by atoms with Gasteiger partial charge in [0.25, 0.3) is 0 Å². The number of piperazine rings is 1. The van der Waals surface area contributed by atoms with Gasteiger partial charge in [0.1, 0.15) is 0 Å². The quantitative estimate of drug-likeness (QED) is 0.871. The third-order valence-corrected chi connectivity index (χ3v) is 3.91. The molecule has 3 heteroatoms. The molecule has 100 valence electrons. The van der Waals surface area contributed by atoms with Crippen LogP contribution in [0, 0.1) is 0 Å². The summed E-state index contributed by atoms with van der Waals surface area (Å²) in [5, 5.41) is 3.47. The molecule has 1 atom stereocenters. The van der Waals surface area contributed by atoms with Gasteiger partial charge in [-0.3, -0.25) is 4.90 Å². The van der Waals surface area contributed by atoms with E-state index in [0.29, 0.717) is 6.04 Å². The lowest BCUT2D eigenvalue weighted by atomic mass is 10.1. The normalized spacial score (nSPS) is 20.9. The van der Waals surface area contributed by atoms with Gasteiger partial charge in [-0.1, -0.05) is 19.1 Å². The highest BCUT2D eigenvalue weighted by Gasteiger charge is 2.19. The highest BCUT2D eigenvalue weighted by Crippen LogP contribution is 2.15. The molecule has 2 rings (SSSR count). The first-order valence-electron chi connectivity index (χ1n) is 6.91. The van der Waals surface area contributed by atoms with E-state index in [0.717, 1.165) is 32.6 Å². The molecule has 0 bridgehead atoms. The molecule has 3 nitrogen and oxygen atoms in total. The van der Waals surface area contributed by atoms with Crippen molar-refractivity contribution in [2.75, 3.05) is 45.2 Å². The number of nitrogens with zero attached hydrogens (tertiary/aromatic N) is 2. The van der Waals surface area contributed by atoms with Crippen LogP contribution in [-0.4, -0.2) is 51.2 Å². The number of benzene rings is 1. The van der Waals surface area contributed by atoms with E-state index in [2.05, 4.69) is 60.4 Å². The Labute approximate surface area is 111 Å². The van der Waals surface area contributed by atoms with Crippen LogP contribution in [-0.2, 0) is 6.42 Å². The molecule has 1 unspecified atom stereocenters. The van der Waals surface area contributed by atoms with Crippen LogP contribution in [0.5, 0.6) is 0 Å². The van der Waals surface area contributed by atoms with Crippen LogP contribution in [0.25, 0.3) is 0 Å². The highest BCUT2D eigenvalue weighted by atomic mass is 15.2. The molecule has 1 aromatic rings. The molecule has 0 saturated carbocycles. The minimum Gasteiger partial charge on any atom is -0.373 e. The summed E-state index contributed by atoms with van der Waals surface area (Å²) in [5.41, 5.74) is 2.72. The van der Waals surface area contributed by atoms with Crippen molar-refractivity contribution in [2.45, 2.75) is 19.4 Å². The zero-order valence-corrected chi connectivity index (χ0v) is 11.8. The lowest BCUT2D eigenvalue weighted by Gasteiger charge is -2.36. The van der Waals surface area contributed by atoms with Gasteiger partial charge in [-0.25, -0.2) is 0 Å². The summed E-state index contributed by atoms with van der Waals surface area (Å²) in [6, 6.07) is 9.53. The number of hydrogen-bond acceptors (Lipinski definition) is 3. The standard InChI is InChI=1S/C15H25N3/c1-4-13-5-7-14(8-6-13)18(3)12-15-11-16-9-10-17(15)2/h5-8,15-16H,4,9-12H2,1-3H3. The van der Waals surface area contributed by atoms with Crippen LogP contribution >= 0.6 is 0 Å². The van der Waals surface area contributed by atoms with Crippen molar-refractivity contribution in [1.29, 1.82) is 0 Å². The van der Waals surface area contributed by atoms with E-state index in [-0.39, 0.29) is 0 Å². The van der Waals surface area contributed by atoms with Crippen LogP contribution in [0.4, 0.5) is 5.69 Å². The number of hydrogen-bond donors (Lipinski definition) is 1. The van der Waals surface area contributed by atoms with Gasteiger partial charge >= 0.3 is 0 Å². The molecule has 0 spiro atoms. The van der Waals surface area contributed by atoms with Gasteiger partial charge in [0.05, 0.1) is 0 Å². The highest BCUT2D eigenvalue weighted by molar-refractivity contribution is 5.47. The number of aryl methyl sites for hydroxylation is 1. The number of anilines is 1. The van der Waals surface area contributed by atoms with Gasteiger partial charge in [0, 0.05) is 45.0 Å². The topological polar surface area (TPSA) is 18.5 Å². The molecule has 0 radical (unpaired) electrons. The lowest BCUT2D eigenvalue weighted by Crippen LogP contribution is -2.53. The smallest absolute Gasteiger partial charge is 0.0393 e. The van der Waals surface area contributed by atoms with Crippen molar-refractivity contribution in [3.05, 3.63) is 29.8 Å². The van der Waals surface area contributed by atoms with Gasteiger partial charge in [-0.15, -0.1) is 0 Å². The summed E-state index contributed by atoms with van der Waals surface area (Å²) >= 11 is 0. The van der Waals surface area contributed by atoms with Crippen molar-refractivity contribution < 1.29 is 0 Å². The summed E-state index contributed by atoms with van der Waals surface area (Å²) in [4.78, 5) is 4.81. The largest absolute Gasteiger partial charge is 0.373 e. The molecule has 1 aliphatic heterocycles. The van der Waals surface area contributed by atoms with Crippen LogP contribution in [0.3, 0.4) is 0 Å². The van der Waals surface area contributed by atoms with Crippen molar-refractivity contribution in [1.82, 2.24) is 10.2 Å². The third kappa shape index (κ3) is 3.24. The number of rotatable bonds is 4. The van der Waals surface area contributed by atoms with Crippen molar-refractivity contribution in [3.63, 3.8) is 0 Å². The Balaban J connectivity index is 1.95. The molecule has 18 heavy (non-hydrogen) atoms. The van der Waals surface area contributed by atoms with Crippen molar-refractivity contribution >= 4 is 5.69 Å². The summed E-state index contributed by atoms with van der Waals surface area (Å²) in [5.74, 6) is 0. The van der Waals surface area contributed by atoms with E-state index < -0.39 is 0 Å². The lowest BCUT2D eigenvalue weighted by molar-refractivity contribution is 0.204. The number of likely N-dealkylation sites (N-methyl/N-ethyl adjacent to an activating group) is 2. The average Bonchev–Trinajstić information content (AvgIpc) is 2.41. The molecule has 1 heterocycles. The second kappa shape index (κ2) is 6.21. The molecule has 1 fully saturated rings. The first-order chi connectivity index (χ1) is 8.70. The molecule has 0 aromatic heterocycles. The first kappa shape index (κ1) is 13.4. The maximum Gasteiger partial charge on any atom is 0.0393 e. The summed E-state index contributed by atoms with van der Waals surface area (Å²) in [6.07, 6.45) is 1.11. The molecular weight excluding hydrogens is 222 g/mol. The van der Waals surface area contributed by atoms with Crippen molar-refractivity contribution in [3.8, 4) is 0 Å². The monoisotopic (exact) mass is 247 g/mol. The van der Waals surface area contributed by atoms with E-state index >= 15 is 0 Å². The van der Waals surface area contributed by atoms with Crippen molar-refractivity contribution in [2.24, 2.45) is 0 Å². The molecular formula is C15H25N3. The molecule has 0 aliphatic carbocycles. The van der Waals surface area contributed by atoms with Gasteiger partial charge in [0.15, 0.2) is 0 Å². The molecule has 1 N–H and O–H groups in total. The third-order valence-electron chi connectivity index (χ3n) is 3.91. The second-order valence-electron chi connectivity index (χ2n) is 5.24. The Bertz CT molecular complexity index is 361. The van der Waals surface area contributed by atoms with Gasteiger partial charge in [-0.2, -0.15) is 0 Å².